The lowest BCUT2D eigenvalue weighted by atomic mass is 10.1. The van der Waals surface area contributed by atoms with Gasteiger partial charge in [-0.2, -0.15) is 0 Å². The summed E-state index contributed by atoms with van der Waals surface area (Å²) >= 11 is 0. The fourth-order valence-corrected chi connectivity index (χ4v) is 6.40. The molecule has 1 atom stereocenters. The summed E-state index contributed by atoms with van der Waals surface area (Å²) in [6.45, 7) is 9.79. The van der Waals surface area contributed by atoms with Gasteiger partial charge in [-0.25, -0.2) is 8.42 Å². The number of anilines is 1. The molecule has 9 heteroatoms. The monoisotopic (exact) mass is 641 g/mol. The number of hydrogen-bond acceptors (Lipinski definition) is 5. The molecule has 8 nitrogen and oxygen atoms in total. The second-order valence-electron chi connectivity index (χ2n) is 11.7. The number of hydrogen-bond donors (Lipinski definition) is 1. The molecule has 0 aliphatic rings. The molecule has 0 aromatic heterocycles. The van der Waals surface area contributed by atoms with Crippen molar-refractivity contribution in [2.24, 2.45) is 5.92 Å². The van der Waals surface area contributed by atoms with E-state index in [4.69, 9.17) is 4.74 Å². The SMILES string of the molecule is CCC(C(=O)NCC(C)C)N(Cc1ccccc1C)C(=O)CN(c1ccc(Oc2ccccc2)cc1)S(=O)(=O)c1ccc(C)cc1. The van der Waals surface area contributed by atoms with E-state index in [2.05, 4.69) is 5.32 Å². The molecule has 0 spiro atoms. The van der Waals surface area contributed by atoms with Crippen molar-refractivity contribution in [2.75, 3.05) is 17.4 Å². The number of carbonyl (C=O) groups excluding carboxylic acids is 2. The second-order valence-corrected chi connectivity index (χ2v) is 13.6. The van der Waals surface area contributed by atoms with Crippen LogP contribution < -0.4 is 14.4 Å². The Bertz CT molecular complexity index is 1710. The number of nitrogens with one attached hydrogen (secondary N) is 1. The van der Waals surface area contributed by atoms with E-state index < -0.39 is 28.5 Å². The Morgan fingerprint density at radius 1 is 0.804 bits per heavy atom. The molecule has 0 bridgehead atoms. The van der Waals surface area contributed by atoms with Gasteiger partial charge in [0.15, 0.2) is 0 Å². The largest absolute Gasteiger partial charge is 0.457 e. The Labute approximate surface area is 273 Å². The summed E-state index contributed by atoms with van der Waals surface area (Å²) in [7, 11) is -4.18. The smallest absolute Gasteiger partial charge is 0.264 e. The number of benzene rings is 4. The number of amides is 2. The summed E-state index contributed by atoms with van der Waals surface area (Å²) in [5, 5.41) is 2.96. The normalized spacial score (nSPS) is 12.0. The first-order chi connectivity index (χ1) is 22.0. The average Bonchev–Trinajstić information content (AvgIpc) is 3.04. The molecule has 1 N–H and O–H groups in total. The number of rotatable bonds is 14. The Balaban J connectivity index is 1.73. The lowest BCUT2D eigenvalue weighted by Crippen LogP contribution is -2.52. The van der Waals surface area contributed by atoms with Gasteiger partial charge in [-0.05, 0) is 85.8 Å². The van der Waals surface area contributed by atoms with E-state index in [9.17, 15) is 18.0 Å². The fourth-order valence-electron chi connectivity index (χ4n) is 4.98. The van der Waals surface area contributed by atoms with Crippen molar-refractivity contribution in [3.63, 3.8) is 0 Å². The van der Waals surface area contributed by atoms with E-state index >= 15 is 0 Å². The average molecular weight is 642 g/mol. The lowest BCUT2D eigenvalue weighted by Gasteiger charge is -2.33. The quantitative estimate of drug-likeness (QED) is 0.162. The molecular formula is C37H43N3O5S. The maximum atomic E-state index is 14.3. The molecule has 4 aromatic rings. The summed E-state index contributed by atoms with van der Waals surface area (Å²) in [5.74, 6) is 0.625. The molecule has 1 unspecified atom stereocenters. The third kappa shape index (κ3) is 8.75. The van der Waals surface area contributed by atoms with Crippen LogP contribution in [0.15, 0.2) is 108 Å². The van der Waals surface area contributed by atoms with E-state index in [1.807, 2.05) is 89.2 Å². The number of aryl methyl sites for hydroxylation is 2. The highest BCUT2D eigenvalue weighted by atomic mass is 32.2. The Hall–Kier alpha value is -4.63. The van der Waals surface area contributed by atoms with Gasteiger partial charge >= 0.3 is 0 Å². The first-order valence-corrected chi connectivity index (χ1v) is 17.0. The first kappa shape index (κ1) is 34.2. The van der Waals surface area contributed by atoms with E-state index in [1.165, 1.54) is 17.0 Å². The molecule has 0 aliphatic heterocycles. The van der Waals surface area contributed by atoms with Crippen LogP contribution in [0.25, 0.3) is 0 Å². The molecule has 0 fully saturated rings. The van der Waals surface area contributed by atoms with Crippen molar-refractivity contribution in [1.82, 2.24) is 10.2 Å². The number of ether oxygens (including phenoxy) is 1. The number of carbonyl (C=O) groups is 2. The molecule has 2 amide bonds. The molecule has 242 valence electrons. The van der Waals surface area contributed by atoms with Crippen LogP contribution in [-0.4, -0.2) is 44.3 Å². The minimum absolute atomic E-state index is 0.0580. The van der Waals surface area contributed by atoms with Crippen LogP contribution in [0.5, 0.6) is 11.5 Å². The standard InChI is InChI=1S/C37H43N3O5S/c1-6-35(37(42)38-24-27(2)3)39(25-30-13-11-10-12-29(30)5)36(41)26-40(46(43,44)34-22-16-28(4)17-23-34)31-18-20-33(21-19-31)45-32-14-8-7-9-15-32/h7-23,27,35H,6,24-26H2,1-5H3,(H,38,42). The van der Waals surface area contributed by atoms with Gasteiger partial charge in [-0.15, -0.1) is 0 Å². The predicted molar refractivity (Wildman–Crippen MR) is 182 cm³/mol. The summed E-state index contributed by atoms with van der Waals surface area (Å²) in [4.78, 5) is 29.3. The minimum atomic E-state index is -4.18. The van der Waals surface area contributed by atoms with Gasteiger partial charge < -0.3 is 15.0 Å². The highest BCUT2D eigenvalue weighted by molar-refractivity contribution is 7.92. The van der Waals surface area contributed by atoms with E-state index in [-0.39, 0.29) is 23.3 Å². The highest BCUT2D eigenvalue weighted by Crippen LogP contribution is 2.29. The van der Waals surface area contributed by atoms with Crippen LogP contribution in [0.1, 0.15) is 43.9 Å². The van der Waals surface area contributed by atoms with Crippen molar-refractivity contribution in [2.45, 2.75) is 58.5 Å². The van der Waals surface area contributed by atoms with Gasteiger partial charge in [0.2, 0.25) is 11.8 Å². The van der Waals surface area contributed by atoms with Crippen molar-refractivity contribution in [3.05, 3.63) is 120 Å². The van der Waals surface area contributed by atoms with Crippen LogP contribution in [-0.2, 0) is 26.2 Å². The zero-order valence-electron chi connectivity index (χ0n) is 27.1. The van der Waals surface area contributed by atoms with Gasteiger partial charge in [0.25, 0.3) is 10.0 Å². The zero-order valence-corrected chi connectivity index (χ0v) is 28.0. The molecular weight excluding hydrogens is 598 g/mol. The molecule has 46 heavy (non-hydrogen) atoms. The van der Waals surface area contributed by atoms with Gasteiger partial charge in [0, 0.05) is 13.1 Å². The maximum Gasteiger partial charge on any atom is 0.264 e. The zero-order chi connectivity index (χ0) is 33.3. The Kier molecular flexibility index (Phi) is 11.6. The van der Waals surface area contributed by atoms with Crippen molar-refractivity contribution >= 4 is 27.5 Å². The first-order valence-electron chi connectivity index (χ1n) is 15.5. The highest BCUT2D eigenvalue weighted by Gasteiger charge is 2.34. The van der Waals surface area contributed by atoms with Crippen molar-refractivity contribution < 1.29 is 22.7 Å². The number of nitrogens with zero attached hydrogens (tertiary/aromatic N) is 2. The summed E-state index contributed by atoms with van der Waals surface area (Å²) in [5.41, 5.74) is 3.05. The summed E-state index contributed by atoms with van der Waals surface area (Å²) in [6, 6.07) is 29.2. The Morgan fingerprint density at radius 3 is 2.02 bits per heavy atom. The molecule has 0 saturated carbocycles. The molecule has 4 aromatic carbocycles. The number of sulfonamides is 1. The molecule has 0 saturated heterocycles. The molecule has 4 rings (SSSR count). The third-order valence-electron chi connectivity index (χ3n) is 7.66. The van der Waals surface area contributed by atoms with Crippen LogP contribution in [0.3, 0.4) is 0 Å². The van der Waals surface area contributed by atoms with Gasteiger partial charge in [0.05, 0.1) is 10.6 Å². The van der Waals surface area contributed by atoms with Gasteiger partial charge in [-0.3, -0.25) is 13.9 Å². The number of para-hydroxylation sites is 1. The van der Waals surface area contributed by atoms with E-state index in [1.54, 1.807) is 36.4 Å². The van der Waals surface area contributed by atoms with E-state index in [0.29, 0.717) is 30.2 Å². The lowest BCUT2D eigenvalue weighted by molar-refractivity contribution is -0.140. The molecule has 0 radical (unpaired) electrons. The third-order valence-corrected chi connectivity index (χ3v) is 9.45. The fraction of sp³-hybridized carbons (Fsp3) is 0.297. The van der Waals surface area contributed by atoms with Crippen LogP contribution in [0.2, 0.25) is 0 Å². The van der Waals surface area contributed by atoms with Gasteiger partial charge in [-0.1, -0.05) is 80.9 Å². The topological polar surface area (TPSA) is 96.0 Å². The maximum absolute atomic E-state index is 14.3. The van der Waals surface area contributed by atoms with Crippen LogP contribution in [0, 0.1) is 19.8 Å². The van der Waals surface area contributed by atoms with Crippen molar-refractivity contribution in [1.29, 1.82) is 0 Å². The Morgan fingerprint density at radius 2 is 1.41 bits per heavy atom. The van der Waals surface area contributed by atoms with Crippen molar-refractivity contribution in [3.8, 4) is 11.5 Å². The second kappa shape index (κ2) is 15.6. The molecule has 0 heterocycles. The predicted octanol–water partition coefficient (Wildman–Crippen LogP) is 6.87. The van der Waals surface area contributed by atoms with Gasteiger partial charge in [0.1, 0.15) is 24.1 Å². The summed E-state index contributed by atoms with van der Waals surface area (Å²) < 4.78 is 35.4. The van der Waals surface area contributed by atoms with E-state index in [0.717, 1.165) is 21.0 Å². The molecule has 0 aliphatic carbocycles. The van der Waals surface area contributed by atoms with Crippen LogP contribution in [0.4, 0.5) is 5.69 Å². The summed E-state index contributed by atoms with van der Waals surface area (Å²) in [6.07, 6.45) is 0.359. The van der Waals surface area contributed by atoms with Crippen LogP contribution >= 0.6 is 0 Å². The minimum Gasteiger partial charge on any atom is -0.457 e.